The van der Waals surface area contributed by atoms with Crippen LogP contribution < -0.4 is 14.6 Å². The first-order chi connectivity index (χ1) is 8.49. The number of primary sulfonamides is 1. The van der Waals surface area contributed by atoms with Crippen molar-refractivity contribution in [2.45, 2.75) is 17.9 Å². The number of hydrogen-bond acceptors (Lipinski definition) is 4. The van der Waals surface area contributed by atoms with Crippen molar-refractivity contribution in [1.29, 1.82) is 0 Å². The molecule has 0 bridgehead atoms. The minimum absolute atomic E-state index is 0.347. The largest absolute Gasteiger partial charge is 0.573 e. The molecule has 0 saturated carbocycles. The van der Waals surface area contributed by atoms with Gasteiger partial charge in [0.2, 0.25) is 10.0 Å². The highest BCUT2D eigenvalue weighted by molar-refractivity contribution is 7.89. The van der Waals surface area contributed by atoms with Crippen molar-refractivity contribution >= 4 is 10.0 Å². The summed E-state index contributed by atoms with van der Waals surface area (Å²) in [6, 6.07) is 1.51. The van der Waals surface area contributed by atoms with Crippen LogP contribution in [0, 0.1) is 0 Å². The maximum atomic E-state index is 12.0. The lowest BCUT2D eigenvalue weighted by atomic mass is 10.3. The van der Waals surface area contributed by atoms with Gasteiger partial charge in [-0.25, -0.2) is 13.6 Å². The van der Waals surface area contributed by atoms with E-state index in [9.17, 15) is 30.4 Å². The number of nitrogens with two attached hydrogens (primary N) is 1. The Hall–Kier alpha value is -1.62. The Bertz CT molecular complexity index is 557. The molecule has 0 aromatic heterocycles. The zero-order chi connectivity index (χ0) is 14.8. The number of ether oxygens (including phenoxy) is 2. The van der Waals surface area contributed by atoms with Gasteiger partial charge in [-0.3, -0.25) is 0 Å². The predicted octanol–water partition coefficient (Wildman–Crippen LogP) is 1.83. The normalized spacial score (nSPS) is 12.6. The van der Waals surface area contributed by atoms with Gasteiger partial charge in [-0.15, -0.1) is 13.2 Å². The summed E-state index contributed by atoms with van der Waals surface area (Å²) in [5.41, 5.74) is 0. The molecule has 0 aliphatic carbocycles. The molecule has 11 heteroatoms. The monoisotopic (exact) mass is 307 g/mol. The molecule has 2 N–H and O–H groups in total. The van der Waals surface area contributed by atoms with E-state index >= 15 is 0 Å². The summed E-state index contributed by atoms with van der Waals surface area (Å²) in [7, 11) is -4.43. The van der Waals surface area contributed by atoms with Crippen LogP contribution in [0.3, 0.4) is 0 Å². The van der Waals surface area contributed by atoms with Gasteiger partial charge in [-0.1, -0.05) is 0 Å². The van der Waals surface area contributed by atoms with Crippen molar-refractivity contribution in [3.05, 3.63) is 18.2 Å². The quantitative estimate of drug-likeness (QED) is 0.861. The third kappa shape index (κ3) is 4.87. The Morgan fingerprint density at radius 2 is 1.79 bits per heavy atom. The molecule has 1 aromatic rings. The fourth-order valence-electron chi connectivity index (χ4n) is 1.11. The molecule has 0 spiro atoms. The van der Waals surface area contributed by atoms with E-state index in [4.69, 9.17) is 5.14 Å². The topological polar surface area (TPSA) is 78.6 Å². The van der Waals surface area contributed by atoms with Crippen LogP contribution in [-0.2, 0) is 10.0 Å². The van der Waals surface area contributed by atoms with Crippen LogP contribution in [-0.4, -0.2) is 21.4 Å². The predicted molar refractivity (Wildman–Crippen MR) is 51.1 cm³/mol. The lowest BCUT2D eigenvalue weighted by molar-refractivity contribution is -0.274. The van der Waals surface area contributed by atoms with E-state index in [1.165, 1.54) is 0 Å². The molecule has 19 heavy (non-hydrogen) atoms. The summed E-state index contributed by atoms with van der Waals surface area (Å²) in [6.07, 6.45) is -5.06. The summed E-state index contributed by atoms with van der Waals surface area (Å²) in [5, 5.41) is 4.69. The second-order valence-electron chi connectivity index (χ2n) is 3.08. The van der Waals surface area contributed by atoms with Crippen LogP contribution >= 0.6 is 0 Å². The maximum Gasteiger partial charge on any atom is 0.573 e. The van der Waals surface area contributed by atoms with Crippen LogP contribution in [0.2, 0.25) is 0 Å². The first-order valence-electron chi connectivity index (χ1n) is 4.36. The van der Waals surface area contributed by atoms with Gasteiger partial charge in [-0.05, 0) is 12.1 Å². The molecule has 0 saturated heterocycles. The third-order valence-corrected chi connectivity index (χ3v) is 2.62. The molecule has 108 valence electrons. The van der Waals surface area contributed by atoms with Crippen molar-refractivity contribution in [3.8, 4) is 11.5 Å². The molecule has 5 nitrogen and oxygen atoms in total. The molecule has 1 aromatic carbocycles. The van der Waals surface area contributed by atoms with Gasteiger partial charge in [0.1, 0.15) is 16.4 Å². The number of benzene rings is 1. The summed E-state index contributed by atoms with van der Waals surface area (Å²) in [5.74, 6) is -1.96. The van der Waals surface area contributed by atoms with E-state index in [1.54, 1.807) is 0 Å². The molecule has 0 atom stereocenters. The summed E-state index contributed by atoms with van der Waals surface area (Å²) >= 11 is 0. The van der Waals surface area contributed by atoms with Crippen LogP contribution in [0.15, 0.2) is 23.1 Å². The van der Waals surface area contributed by atoms with Crippen LogP contribution in [0.4, 0.5) is 22.0 Å². The van der Waals surface area contributed by atoms with Crippen LogP contribution in [0.5, 0.6) is 11.5 Å². The first-order valence-corrected chi connectivity index (χ1v) is 5.91. The van der Waals surface area contributed by atoms with E-state index in [-0.39, 0.29) is 0 Å². The molecule has 0 heterocycles. The van der Waals surface area contributed by atoms with Crippen molar-refractivity contribution < 1.29 is 39.8 Å². The zero-order valence-electron chi connectivity index (χ0n) is 8.82. The molecular weight excluding hydrogens is 301 g/mol. The zero-order valence-corrected chi connectivity index (χ0v) is 9.63. The molecule has 0 fully saturated rings. The fourth-order valence-corrected chi connectivity index (χ4v) is 1.75. The molecule has 0 aliphatic rings. The Balaban J connectivity index is 3.23. The van der Waals surface area contributed by atoms with Crippen LogP contribution in [0.1, 0.15) is 0 Å². The lowest BCUT2D eigenvalue weighted by Crippen LogP contribution is -2.18. The van der Waals surface area contributed by atoms with E-state index in [0.29, 0.717) is 18.2 Å². The number of hydrogen-bond donors (Lipinski definition) is 1. The SMILES string of the molecule is NS(=O)(=O)c1ccc(OC(F)(F)F)cc1OC(F)F. The Morgan fingerprint density at radius 3 is 2.21 bits per heavy atom. The summed E-state index contributed by atoms with van der Waals surface area (Å²) in [4.78, 5) is -0.887. The average Bonchev–Trinajstić information content (AvgIpc) is 2.11. The summed E-state index contributed by atoms with van der Waals surface area (Å²) < 4.78 is 89.1. The molecule has 0 radical (unpaired) electrons. The van der Waals surface area contributed by atoms with Crippen molar-refractivity contribution in [3.63, 3.8) is 0 Å². The van der Waals surface area contributed by atoms with Gasteiger partial charge in [-0.2, -0.15) is 8.78 Å². The fraction of sp³-hybridized carbons (Fsp3) is 0.250. The number of halogens is 5. The van der Waals surface area contributed by atoms with Gasteiger partial charge >= 0.3 is 13.0 Å². The Morgan fingerprint density at radius 1 is 1.21 bits per heavy atom. The Labute approximate surface area is 103 Å². The van der Waals surface area contributed by atoms with E-state index in [0.717, 1.165) is 0 Å². The van der Waals surface area contributed by atoms with Crippen LogP contribution in [0.25, 0.3) is 0 Å². The second kappa shape index (κ2) is 5.17. The smallest absolute Gasteiger partial charge is 0.433 e. The average molecular weight is 307 g/mol. The Kier molecular flexibility index (Phi) is 4.20. The minimum atomic E-state index is -5.06. The minimum Gasteiger partial charge on any atom is -0.433 e. The van der Waals surface area contributed by atoms with Gasteiger partial charge in [0, 0.05) is 6.07 Å². The molecule has 1 rings (SSSR count). The highest BCUT2D eigenvalue weighted by atomic mass is 32.2. The van der Waals surface area contributed by atoms with Gasteiger partial charge < -0.3 is 9.47 Å². The summed E-state index contributed by atoms with van der Waals surface area (Å²) in [6.45, 7) is -3.44. The maximum absolute atomic E-state index is 12.0. The van der Waals surface area contributed by atoms with Gasteiger partial charge in [0.25, 0.3) is 0 Å². The molecule has 0 aliphatic heterocycles. The van der Waals surface area contributed by atoms with E-state index in [2.05, 4.69) is 9.47 Å². The van der Waals surface area contributed by atoms with Gasteiger partial charge in [0.15, 0.2) is 0 Å². The van der Waals surface area contributed by atoms with E-state index in [1.807, 2.05) is 0 Å². The van der Waals surface area contributed by atoms with E-state index < -0.39 is 39.4 Å². The van der Waals surface area contributed by atoms with Crippen molar-refractivity contribution in [2.75, 3.05) is 0 Å². The van der Waals surface area contributed by atoms with Crippen molar-refractivity contribution in [2.24, 2.45) is 5.14 Å². The molecule has 0 unspecified atom stereocenters. The lowest BCUT2D eigenvalue weighted by Gasteiger charge is -2.13. The number of sulfonamides is 1. The molecule has 0 amide bonds. The van der Waals surface area contributed by atoms with Gasteiger partial charge in [0.05, 0.1) is 0 Å². The highest BCUT2D eigenvalue weighted by Gasteiger charge is 2.32. The third-order valence-electron chi connectivity index (χ3n) is 1.67. The standard InChI is InChI=1S/C8H6F5NO4S/c9-7(10)17-5-3-4(18-8(11,12)13)1-2-6(5)19(14,15)16/h1-3,7H,(H2,14,15,16). The second-order valence-corrected chi connectivity index (χ2v) is 4.61. The number of alkyl halides is 5. The van der Waals surface area contributed by atoms with Crippen molar-refractivity contribution in [1.82, 2.24) is 0 Å². The number of rotatable bonds is 4. The highest BCUT2D eigenvalue weighted by Crippen LogP contribution is 2.31. The first kappa shape index (κ1) is 15.4. The molecular formula is C8H6F5NO4S.